The van der Waals surface area contributed by atoms with E-state index in [4.69, 9.17) is 9.05 Å². The molecule has 0 heterocycles. The molecular formula is C78H138N2O6P+. The largest absolute Gasteiger partial charge is 0.472 e. The first kappa shape index (κ1) is 83.6. The van der Waals surface area contributed by atoms with Crippen LogP contribution in [0.4, 0.5) is 0 Å². The molecular weight excluding hydrogens is 1090 g/mol. The predicted molar refractivity (Wildman–Crippen MR) is 382 cm³/mol. The van der Waals surface area contributed by atoms with E-state index in [0.29, 0.717) is 23.9 Å². The number of aliphatic hydroxyl groups excluding tert-OH is 1. The Labute approximate surface area is 538 Å². The summed E-state index contributed by atoms with van der Waals surface area (Å²) in [4.78, 5) is 23.5. The molecule has 500 valence electrons. The lowest BCUT2D eigenvalue weighted by Crippen LogP contribution is -2.46. The van der Waals surface area contributed by atoms with Gasteiger partial charge in [-0.05, 0) is 96.3 Å². The standard InChI is InChI=1S/C78H137N2O6P/c1-6-8-10-12-14-16-18-20-22-24-26-28-30-32-33-34-35-36-37-38-39-40-41-42-43-44-45-46-47-48-50-52-54-56-58-60-62-64-66-68-70-72-78(82)79-76(75-86-87(83,84)85-74-73-80(3,4)5)77(81)71-69-67-65-63-61-59-57-55-53-51-49-31-29-27-25-23-21-19-17-15-13-11-9-7-2/h8,10,14,16,20,22,26,28,32-33,35-36,38-39,41-42,44-45,47-48,52,54,76-77,81H,6-7,9,11-13,15,17-19,21,23-25,27,29-31,34,37,40,43,46,49-51,53,55-75H2,1-5H3,(H-,79,82,83,84)/p+1/b10-8-,16-14-,22-20-,28-26-,33-32-,36-35-,39-38-,42-41-,45-44-,48-47-,54-52-. The summed E-state index contributed by atoms with van der Waals surface area (Å²) in [5.41, 5.74) is 0. The third kappa shape index (κ3) is 70.0. The number of hydrogen-bond acceptors (Lipinski definition) is 5. The molecule has 0 spiro atoms. The van der Waals surface area contributed by atoms with E-state index >= 15 is 0 Å². The number of quaternary nitrogens is 1. The van der Waals surface area contributed by atoms with E-state index in [0.717, 1.165) is 122 Å². The summed E-state index contributed by atoms with van der Waals surface area (Å²) in [5, 5.41) is 14.1. The van der Waals surface area contributed by atoms with Crippen LogP contribution in [0.1, 0.15) is 303 Å². The van der Waals surface area contributed by atoms with Gasteiger partial charge in [-0.1, -0.05) is 334 Å². The van der Waals surface area contributed by atoms with Gasteiger partial charge in [-0.25, -0.2) is 4.57 Å². The normalized spacial score (nSPS) is 14.4. The zero-order chi connectivity index (χ0) is 63.4. The summed E-state index contributed by atoms with van der Waals surface area (Å²) in [6, 6.07) is -0.778. The number of unbranched alkanes of at least 4 members (excludes halogenated alkanes) is 30. The highest BCUT2D eigenvalue weighted by Gasteiger charge is 2.28. The van der Waals surface area contributed by atoms with Crippen LogP contribution in [0.3, 0.4) is 0 Å². The van der Waals surface area contributed by atoms with Crippen LogP contribution in [0, 0.1) is 0 Å². The van der Waals surface area contributed by atoms with Crippen LogP contribution in [-0.4, -0.2) is 73.4 Å². The molecule has 1 amide bonds. The zero-order valence-electron chi connectivity index (χ0n) is 57.2. The number of allylic oxidation sites excluding steroid dienone is 22. The molecule has 0 aromatic rings. The van der Waals surface area contributed by atoms with Gasteiger partial charge in [0.15, 0.2) is 0 Å². The van der Waals surface area contributed by atoms with Crippen molar-refractivity contribution < 1.29 is 32.9 Å². The number of phosphoric ester groups is 1. The van der Waals surface area contributed by atoms with Crippen LogP contribution in [-0.2, 0) is 18.4 Å². The van der Waals surface area contributed by atoms with E-state index in [2.05, 4.69) is 153 Å². The van der Waals surface area contributed by atoms with Gasteiger partial charge in [-0.3, -0.25) is 13.8 Å². The molecule has 0 fully saturated rings. The third-order valence-electron chi connectivity index (χ3n) is 15.7. The summed E-state index contributed by atoms with van der Waals surface area (Å²) in [7, 11) is 1.60. The lowest BCUT2D eigenvalue weighted by atomic mass is 10.0. The Morgan fingerprint density at radius 3 is 1.01 bits per heavy atom. The molecule has 0 bridgehead atoms. The molecule has 0 saturated carbocycles. The minimum Gasteiger partial charge on any atom is -0.391 e. The molecule has 9 heteroatoms. The van der Waals surface area contributed by atoms with Gasteiger partial charge in [0.1, 0.15) is 13.2 Å². The van der Waals surface area contributed by atoms with Gasteiger partial charge < -0.3 is 19.8 Å². The maximum Gasteiger partial charge on any atom is 0.472 e. The maximum atomic E-state index is 13.1. The van der Waals surface area contributed by atoms with Crippen molar-refractivity contribution in [2.24, 2.45) is 0 Å². The summed E-state index contributed by atoms with van der Waals surface area (Å²) < 4.78 is 23.9. The lowest BCUT2D eigenvalue weighted by Gasteiger charge is -2.26. The molecule has 3 atom stereocenters. The lowest BCUT2D eigenvalue weighted by molar-refractivity contribution is -0.870. The quantitative estimate of drug-likeness (QED) is 0.0243. The fraction of sp³-hybridized carbons (Fsp3) is 0.705. The Morgan fingerprint density at radius 2 is 0.690 bits per heavy atom. The second kappa shape index (κ2) is 67.0. The topological polar surface area (TPSA) is 105 Å². The number of carbonyl (C=O) groups excluding carboxylic acids is 1. The molecule has 0 radical (unpaired) electrons. The minimum absolute atomic E-state index is 0.0667. The summed E-state index contributed by atoms with van der Waals surface area (Å²) in [5.74, 6) is -0.157. The highest BCUT2D eigenvalue weighted by molar-refractivity contribution is 7.47. The number of amides is 1. The highest BCUT2D eigenvalue weighted by atomic mass is 31.2. The molecule has 0 rings (SSSR count). The van der Waals surface area contributed by atoms with Crippen molar-refractivity contribution in [1.29, 1.82) is 0 Å². The Hall–Kier alpha value is -3.36. The molecule has 87 heavy (non-hydrogen) atoms. The Bertz CT molecular complexity index is 1880. The first-order valence-electron chi connectivity index (χ1n) is 36.0. The SMILES string of the molecule is CC/C=C\C/C=C\C/C=C\C/C=C\C/C=C\C/C=C\C/C=C\C/C=C\C/C=C\C/C=C\C/C=C\CCCCCCCCCC(=O)NC(COP(=O)(O)OCC[N+](C)(C)C)C(O)CCCCCCCCCCCCCCCCCCCCCCCCCC. The predicted octanol–water partition coefficient (Wildman–Crippen LogP) is 23.4. The van der Waals surface area contributed by atoms with Crippen LogP contribution in [0.2, 0.25) is 0 Å². The van der Waals surface area contributed by atoms with Crippen molar-refractivity contribution in [3.8, 4) is 0 Å². The second-order valence-corrected chi connectivity index (χ2v) is 26.7. The number of nitrogens with zero attached hydrogens (tertiary/aromatic N) is 1. The first-order valence-corrected chi connectivity index (χ1v) is 37.5. The number of rotatable bonds is 65. The van der Waals surface area contributed by atoms with Gasteiger partial charge in [0.05, 0.1) is 39.9 Å². The van der Waals surface area contributed by atoms with Crippen LogP contribution >= 0.6 is 7.82 Å². The Balaban J connectivity index is 4.12. The van der Waals surface area contributed by atoms with Crippen molar-refractivity contribution in [3.63, 3.8) is 0 Å². The number of phosphoric acid groups is 1. The second-order valence-electron chi connectivity index (χ2n) is 25.2. The van der Waals surface area contributed by atoms with E-state index in [9.17, 15) is 19.4 Å². The summed E-state index contributed by atoms with van der Waals surface area (Å²) in [6.07, 6.45) is 101. The molecule has 0 aromatic carbocycles. The van der Waals surface area contributed by atoms with E-state index in [-0.39, 0.29) is 19.1 Å². The smallest absolute Gasteiger partial charge is 0.391 e. The van der Waals surface area contributed by atoms with Gasteiger partial charge >= 0.3 is 7.82 Å². The van der Waals surface area contributed by atoms with Crippen LogP contribution in [0.5, 0.6) is 0 Å². The number of nitrogens with one attached hydrogen (secondary N) is 1. The molecule has 0 saturated heterocycles. The van der Waals surface area contributed by atoms with E-state index in [1.54, 1.807) is 0 Å². The average Bonchev–Trinajstić information content (AvgIpc) is 3.71. The fourth-order valence-corrected chi connectivity index (χ4v) is 10.8. The number of aliphatic hydroxyl groups is 1. The molecule has 0 aromatic heterocycles. The monoisotopic (exact) mass is 1230 g/mol. The van der Waals surface area contributed by atoms with Gasteiger partial charge in [-0.15, -0.1) is 0 Å². The van der Waals surface area contributed by atoms with Gasteiger partial charge in [-0.2, -0.15) is 0 Å². The summed E-state index contributed by atoms with van der Waals surface area (Å²) in [6.45, 7) is 4.78. The fourth-order valence-electron chi connectivity index (χ4n) is 10.1. The maximum absolute atomic E-state index is 13.1. The number of carbonyl (C=O) groups is 1. The third-order valence-corrected chi connectivity index (χ3v) is 16.6. The highest BCUT2D eigenvalue weighted by Crippen LogP contribution is 2.43. The Kier molecular flexibility index (Phi) is 64.5. The number of likely N-dealkylation sites (N-methyl/N-ethyl adjacent to an activating group) is 1. The van der Waals surface area contributed by atoms with Gasteiger partial charge in [0.2, 0.25) is 5.91 Å². The number of hydrogen-bond donors (Lipinski definition) is 3. The van der Waals surface area contributed by atoms with Crippen LogP contribution in [0.15, 0.2) is 134 Å². The molecule has 8 nitrogen and oxygen atoms in total. The van der Waals surface area contributed by atoms with Crippen LogP contribution in [0.25, 0.3) is 0 Å². The van der Waals surface area contributed by atoms with Crippen molar-refractivity contribution in [2.75, 3.05) is 40.9 Å². The van der Waals surface area contributed by atoms with Gasteiger partial charge in [0.25, 0.3) is 0 Å². The molecule has 0 aliphatic carbocycles. The molecule has 3 N–H and O–H groups in total. The minimum atomic E-state index is -4.34. The molecule has 0 aliphatic heterocycles. The first-order chi connectivity index (χ1) is 42.5. The van der Waals surface area contributed by atoms with Crippen molar-refractivity contribution >= 4 is 13.7 Å². The summed E-state index contributed by atoms with van der Waals surface area (Å²) >= 11 is 0. The van der Waals surface area contributed by atoms with Crippen molar-refractivity contribution in [3.05, 3.63) is 134 Å². The van der Waals surface area contributed by atoms with Crippen molar-refractivity contribution in [2.45, 2.75) is 315 Å². The van der Waals surface area contributed by atoms with E-state index in [1.807, 2.05) is 21.1 Å². The van der Waals surface area contributed by atoms with Crippen LogP contribution < -0.4 is 5.32 Å². The van der Waals surface area contributed by atoms with Crippen molar-refractivity contribution in [1.82, 2.24) is 5.32 Å². The zero-order valence-corrected chi connectivity index (χ0v) is 58.1. The average molecular weight is 1230 g/mol. The Morgan fingerprint density at radius 1 is 0.402 bits per heavy atom. The van der Waals surface area contributed by atoms with E-state index < -0.39 is 20.0 Å². The van der Waals surface area contributed by atoms with E-state index in [1.165, 1.54) is 154 Å². The molecule has 3 unspecified atom stereocenters. The molecule has 0 aliphatic rings. The van der Waals surface area contributed by atoms with Gasteiger partial charge in [0, 0.05) is 6.42 Å².